The molecule has 2 atom stereocenters. The predicted octanol–water partition coefficient (Wildman–Crippen LogP) is 1.92. The quantitative estimate of drug-likeness (QED) is 0.836. The first kappa shape index (κ1) is 15.3. The van der Waals surface area contributed by atoms with Crippen LogP contribution in [0.3, 0.4) is 0 Å². The smallest absolute Gasteiger partial charge is 0.230 e. The van der Waals surface area contributed by atoms with Gasteiger partial charge in [-0.1, -0.05) is 32.1 Å². The molecule has 1 amide bonds. The van der Waals surface area contributed by atoms with E-state index in [1.54, 1.807) is 0 Å². The van der Waals surface area contributed by atoms with Crippen molar-refractivity contribution in [1.29, 1.82) is 0 Å². The summed E-state index contributed by atoms with van der Waals surface area (Å²) in [5, 5.41) is 13.4. The van der Waals surface area contributed by atoms with Crippen LogP contribution < -0.4 is 5.32 Å². The zero-order chi connectivity index (χ0) is 14.7. The second kappa shape index (κ2) is 6.66. The fourth-order valence-electron chi connectivity index (χ4n) is 4.56. The Morgan fingerprint density at radius 2 is 2.00 bits per heavy atom. The van der Waals surface area contributed by atoms with Crippen molar-refractivity contribution < 1.29 is 9.90 Å². The number of hydrogen-bond acceptors (Lipinski definition) is 3. The third-order valence-corrected chi connectivity index (χ3v) is 5.98. The van der Waals surface area contributed by atoms with Gasteiger partial charge in [-0.3, -0.25) is 4.79 Å². The molecule has 1 aliphatic carbocycles. The normalized spacial score (nSPS) is 35.9. The van der Waals surface area contributed by atoms with Crippen LogP contribution in [-0.2, 0) is 4.79 Å². The summed E-state index contributed by atoms with van der Waals surface area (Å²) in [6, 6.07) is 0. The number of piperidine rings is 2. The lowest BCUT2D eigenvalue weighted by atomic mass is 9.71. The van der Waals surface area contributed by atoms with E-state index in [1.807, 2.05) is 0 Å². The predicted molar refractivity (Wildman–Crippen MR) is 82.9 cm³/mol. The van der Waals surface area contributed by atoms with Gasteiger partial charge in [0.05, 0.1) is 11.5 Å². The van der Waals surface area contributed by atoms with Crippen LogP contribution in [0.2, 0.25) is 0 Å². The maximum atomic E-state index is 12.3. The van der Waals surface area contributed by atoms with E-state index in [-0.39, 0.29) is 5.91 Å². The highest BCUT2D eigenvalue weighted by molar-refractivity contribution is 5.84. The molecule has 0 aromatic carbocycles. The van der Waals surface area contributed by atoms with Crippen LogP contribution >= 0.6 is 0 Å². The monoisotopic (exact) mass is 294 g/mol. The zero-order valence-corrected chi connectivity index (χ0v) is 13.1. The third-order valence-electron chi connectivity index (χ3n) is 5.98. The van der Waals surface area contributed by atoms with Gasteiger partial charge in [-0.25, -0.2) is 0 Å². The van der Waals surface area contributed by atoms with E-state index in [0.29, 0.717) is 0 Å². The number of hydrogen-bond donors (Lipinski definition) is 2. The van der Waals surface area contributed by atoms with Crippen LogP contribution in [0.15, 0.2) is 0 Å². The molecule has 4 heteroatoms. The van der Waals surface area contributed by atoms with Gasteiger partial charge in [-0.05, 0) is 38.1 Å². The SMILES string of the molecule is O=C1NCCC[C@]12CN(CCC1CCCCC1)CC[C@@H]2O. The van der Waals surface area contributed by atoms with Gasteiger partial charge < -0.3 is 15.3 Å². The number of rotatable bonds is 3. The Hall–Kier alpha value is -0.610. The largest absolute Gasteiger partial charge is 0.392 e. The van der Waals surface area contributed by atoms with Crippen LogP contribution in [0.5, 0.6) is 0 Å². The van der Waals surface area contributed by atoms with Crippen molar-refractivity contribution in [1.82, 2.24) is 10.2 Å². The van der Waals surface area contributed by atoms with Crippen LogP contribution in [0.4, 0.5) is 0 Å². The molecule has 21 heavy (non-hydrogen) atoms. The Balaban J connectivity index is 1.56. The van der Waals surface area contributed by atoms with Crippen LogP contribution in [0, 0.1) is 11.3 Å². The van der Waals surface area contributed by atoms with E-state index in [9.17, 15) is 9.90 Å². The second-order valence-corrected chi connectivity index (χ2v) is 7.39. The Kier molecular flexibility index (Phi) is 4.85. The van der Waals surface area contributed by atoms with Crippen molar-refractivity contribution in [2.45, 2.75) is 63.9 Å². The molecule has 3 aliphatic rings. The number of likely N-dealkylation sites (tertiary alicyclic amines) is 1. The lowest BCUT2D eigenvalue weighted by Gasteiger charge is -2.47. The maximum Gasteiger partial charge on any atom is 0.230 e. The first-order chi connectivity index (χ1) is 10.2. The van der Waals surface area contributed by atoms with E-state index in [2.05, 4.69) is 10.2 Å². The van der Waals surface area contributed by atoms with Crippen molar-refractivity contribution in [2.24, 2.45) is 11.3 Å². The van der Waals surface area contributed by atoms with Crippen molar-refractivity contribution in [2.75, 3.05) is 26.2 Å². The van der Waals surface area contributed by atoms with Crippen molar-refractivity contribution >= 4 is 5.91 Å². The van der Waals surface area contributed by atoms with Gasteiger partial charge in [0, 0.05) is 19.6 Å². The molecule has 2 aliphatic heterocycles. The molecule has 3 fully saturated rings. The van der Waals surface area contributed by atoms with E-state index < -0.39 is 11.5 Å². The standard InChI is InChI=1S/C17H30N2O2/c20-15-8-12-19(11-7-14-5-2-1-3-6-14)13-17(15)9-4-10-18-16(17)21/h14-15,20H,1-13H2,(H,18,21)/t15-,17+/m0/s1. The Morgan fingerprint density at radius 3 is 2.76 bits per heavy atom. The van der Waals surface area contributed by atoms with Gasteiger partial charge in [0.15, 0.2) is 0 Å². The van der Waals surface area contributed by atoms with Crippen molar-refractivity contribution in [3.8, 4) is 0 Å². The third kappa shape index (κ3) is 3.26. The highest BCUT2D eigenvalue weighted by Gasteiger charge is 2.49. The van der Waals surface area contributed by atoms with Gasteiger partial charge in [-0.15, -0.1) is 0 Å². The molecule has 2 N–H and O–H groups in total. The number of carbonyl (C=O) groups excluding carboxylic acids is 1. The minimum Gasteiger partial charge on any atom is -0.392 e. The van der Waals surface area contributed by atoms with E-state index in [4.69, 9.17) is 0 Å². The first-order valence-electron chi connectivity index (χ1n) is 8.89. The summed E-state index contributed by atoms with van der Waals surface area (Å²) in [5.41, 5.74) is -0.525. The lowest BCUT2D eigenvalue weighted by molar-refractivity contribution is -0.149. The second-order valence-electron chi connectivity index (χ2n) is 7.39. The minimum absolute atomic E-state index is 0.0867. The van der Waals surface area contributed by atoms with Gasteiger partial charge >= 0.3 is 0 Å². The molecule has 1 saturated carbocycles. The highest BCUT2D eigenvalue weighted by Crippen LogP contribution is 2.37. The van der Waals surface area contributed by atoms with E-state index in [0.717, 1.165) is 51.4 Å². The molecule has 4 nitrogen and oxygen atoms in total. The molecule has 0 radical (unpaired) electrons. The summed E-state index contributed by atoms with van der Waals surface area (Å²) >= 11 is 0. The molecule has 3 rings (SSSR count). The summed E-state index contributed by atoms with van der Waals surface area (Å²) in [6.07, 6.45) is 10.4. The zero-order valence-electron chi connectivity index (χ0n) is 13.1. The number of nitrogens with one attached hydrogen (secondary N) is 1. The molecule has 1 spiro atoms. The molecule has 2 saturated heterocycles. The highest BCUT2D eigenvalue weighted by atomic mass is 16.3. The average Bonchev–Trinajstić information content (AvgIpc) is 2.52. The molecule has 0 aromatic rings. The summed E-state index contributed by atoms with van der Waals surface area (Å²) < 4.78 is 0. The summed E-state index contributed by atoms with van der Waals surface area (Å²) in [7, 11) is 0. The summed E-state index contributed by atoms with van der Waals surface area (Å²) in [5.74, 6) is 0.977. The Bertz CT molecular complexity index is 368. The van der Waals surface area contributed by atoms with Crippen LogP contribution in [0.1, 0.15) is 57.8 Å². The first-order valence-corrected chi connectivity index (χ1v) is 8.89. The van der Waals surface area contributed by atoms with Crippen molar-refractivity contribution in [3.05, 3.63) is 0 Å². The summed E-state index contributed by atoms with van der Waals surface area (Å²) in [4.78, 5) is 14.8. The fourth-order valence-corrected chi connectivity index (χ4v) is 4.56. The topological polar surface area (TPSA) is 52.6 Å². The number of aliphatic hydroxyl groups excluding tert-OH is 1. The van der Waals surface area contributed by atoms with Crippen molar-refractivity contribution in [3.63, 3.8) is 0 Å². The van der Waals surface area contributed by atoms with E-state index >= 15 is 0 Å². The molecule has 0 unspecified atom stereocenters. The Labute approximate surface area is 128 Å². The number of amides is 1. The maximum absolute atomic E-state index is 12.3. The minimum atomic E-state index is -0.525. The van der Waals surface area contributed by atoms with Gasteiger partial charge in [0.1, 0.15) is 0 Å². The molecule has 0 aromatic heterocycles. The molecule has 2 heterocycles. The van der Waals surface area contributed by atoms with Gasteiger partial charge in [-0.2, -0.15) is 0 Å². The molecular formula is C17H30N2O2. The van der Waals surface area contributed by atoms with Crippen LogP contribution in [0.25, 0.3) is 0 Å². The molecule has 120 valence electrons. The van der Waals surface area contributed by atoms with E-state index in [1.165, 1.54) is 38.5 Å². The average molecular weight is 294 g/mol. The number of nitrogens with zero attached hydrogens (tertiary/aromatic N) is 1. The molecular weight excluding hydrogens is 264 g/mol. The Morgan fingerprint density at radius 1 is 1.19 bits per heavy atom. The molecule has 0 bridgehead atoms. The lowest BCUT2D eigenvalue weighted by Crippen LogP contribution is -2.61. The number of aliphatic hydroxyl groups is 1. The van der Waals surface area contributed by atoms with Gasteiger partial charge in [0.2, 0.25) is 5.91 Å². The van der Waals surface area contributed by atoms with Gasteiger partial charge in [0.25, 0.3) is 0 Å². The number of carbonyl (C=O) groups is 1. The van der Waals surface area contributed by atoms with Crippen LogP contribution in [-0.4, -0.2) is 48.2 Å². The summed E-state index contributed by atoms with van der Waals surface area (Å²) in [6.45, 7) is 3.58. The fraction of sp³-hybridized carbons (Fsp3) is 0.941.